The van der Waals surface area contributed by atoms with Crippen LogP contribution in [0.15, 0.2) is 59.2 Å². The van der Waals surface area contributed by atoms with Gasteiger partial charge in [0.2, 0.25) is 5.91 Å². The number of rotatable bonds is 4. The molecule has 1 aromatic carbocycles. The zero-order valence-corrected chi connectivity index (χ0v) is 10.2. The van der Waals surface area contributed by atoms with Crippen LogP contribution in [0.5, 0.6) is 0 Å². The van der Waals surface area contributed by atoms with Crippen molar-refractivity contribution in [2.45, 2.75) is 13.0 Å². The Labute approximate surface area is 106 Å². The average molecular weight is 241 g/mol. The highest BCUT2D eigenvalue weighted by molar-refractivity contribution is 5.91. The number of hydrogen-bond acceptors (Lipinski definition) is 2. The van der Waals surface area contributed by atoms with Gasteiger partial charge in [-0.25, -0.2) is 0 Å². The van der Waals surface area contributed by atoms with Crippen LogP contribution in [0.2, 0.25) is 0 Å². The van der Waals surface area contributed by atoms with Crippen LogP contribution < -0.4 is 5.32 Å². The Morgan fingerprint density at radius 2 is 2.00 bits per heavy atom. The topological polar surface area (TPSA) is 42.2 Å². The summed E-state index contributed by atoms with van der Waals surface area (Å²) in [5.41, 5.74) is 0.998. The maximum Gasteiger partial charge on any atom is 0.244 e. The van der Waals surface area contributed by atoms with Gasteiger partial charge in [-0.15, -0.1) is 0 Å². The molecule has 0 aliphatic rings. The van der Waals surface area contributed by atoms with E-state index in [1.807, 2.05) is 43.3 Å². The molecule has 0 radical (unpaired) electrons. The largest absolute Gasteiger partial charge is 0.467 e. The minimum Gasteiger partial charge on any atom is -0.467 e. The van der Waals surface area contributed by atoms with Gasteiger partial charge < -0.3 is 9.73 Å². The van der Waals surface area contributed by atoms with Gasteiger partial charge in [-0.1, -0.05) is 30.3 Å². The second-order valence-corrected chi connectivity index (χ2v) is 3.99. The van der Waals surface area contributed by atoms with E-state index in [4.69, 9.17) is 4.42 Å². The number of amides is 1. The summed E-state index contributed by atoms with van der Waals surface area (Å²) in [6.45, 7) is 1.88. The number of furan rings is 1. The number of carbonyl (C=O) groups is 1. The molecule has 3 heteroatoms. The molecule has 0 aliphatic carbocycles. The van der Waals surface area contributed by atoms with Crippen LogP contribution in [-0.4, -0.2) is 5.91 Å². The molecule has 0 aliphatic heterocycles. The van der Waals surface area contributed by atoms with E-state index in [0.717, 1.165) is 11.3 Å². The van der Waals surface area contributed by atoms with Crippen LogP contribution in [0.1, 0.15) is 24.3 Å². The first-order valence-corrected chi connectivity index (χ1v) is 5.83. The van der Waals surface area contributed by atoms with Crippen molar-refractivity contribution < 1.29 is 9.21 Å². The first kappa shape index (κ1) is 12.2. The molecule has 0 unspecified atom stereocenters. The Morgan fingerprint density at radius 3 is 2.67 bits per heavy atom. The van der Waals surface area contributed by atoms with Crippen LogP contribution in [0.25, 0.3) is 6.08 Å². The van der Waals surface area contributed by atoms with Crippen LogP contribution in [-0.2, 0) is 4.79 Å². The molecular formula is C15H15NO2. The summed E-state index contributed by atoms with van der Waals surface area (Å²) < 4.78 is 5.22. The summed E-state index contributed by atoms with van der Waals surface area (Å²) >= 11 is 0. The van der Waals surface area contributed by atoms with E-state index < -0.39 is 0 Å². The van der Waals surface area contributed by atoms with E-state index >= 15 is 0 Å². The Bertz CT molecular complexity index is 515. The van der Waals surface area contributed by atoms with Gasteiger partial charge in [0.1, 0.15) is 5.76 Å². The van der Waals surface area contributed by atoms with Crippen molar-refractivity contribution in [2.75, 3.05) is 0 Å². The molecule has 18 heavy (non-hydrogen) atoms. The van der Waals surface area contributed by atoms with Crippen LogP contribution in [0.3, 0.4) is 0 Å². The van der Waals surface area contributed by atoms with Gasteiger partial charge in [0.25, 0.3) is 0 Å². The van der Waals surface area contributed by atoms with Gasteiger partial charge in [-0.2, -0.15) is 0 Å². The molecule has 1 atom stereocenters. The second-order valence-electron chi connectivity index (χ2n) is 3.99. The Kier molecular flexibility index (Phi) is 3.97. The number of hydrogen-bond donors (Lipinski definition) is 1. The predicted molar refractivity (Wildman–Crippen MR) is 70.7 cm³/mol. The van der Waals surface area contributed by atoms with Crippen LogP contribution >= 0.6 is 0 Å². The molecule has 3 nitrogen and oxygen atoms in total. The number of nitrogens with one attached hydrogen (secondary N) is 1. The highest BCUT2D eigenvalue weighted by atomic mass is 16.3. The minimum atomic E-state index is -0.136. The summed E-state index contributed by atoms with van der Waals surface area (Å²) in [7, 11) is 0. The number of carbonyl (C=O) groups excluding carboxylic acids is 1. The van der Waals surface area contributed by atoms with Crippen molar-refractivity contribution in [1.29, 1.82) is 0 Å². The summed E-state index contributed by atoms with van der Waals surface area (Å²) in [6, 6.07) is 13.2. The molecule has 2 rings (SSSR count). The van der Waals surface area contributed by atoms with Gasteiger partial charge in [-0.3, -0.25) is 4.79 Å². The molecule has 0 spiro atoms. The molecule has 2 aromatic rings. The normalized spacial score (nSPS) is 12.5. The fourth-order valence-electron chi connectivity index (χ4n) is 1.61. The van der Waals surface area contributed by atoms with E-state index in [1.165, 1.54) is 6.08 Å². The predicted octanol–water partition coefficient (Wildman–Crippen LogP) is 3.17. The second kappa shape index (κ2) is 5.87. The van der Waals surface area contributed by atoms with E-state index in [0.29, 0.717) is 0 Å². The van der Waals surface area contributed by atoms with Crippen molar-refractivity contribution in [3.8, 4) is 0 Å². The maximum atomic E-state index is 11.7. The lowest BCUT2D eigenvalue weighted by Crippen LogP contribution is -2.24. The quantitative estimate of drug-likeness (QED) is 0.835. The van der Waals surface area contributed by atoms with E-state index in [9.17, 15) is 4.79 Å². The standard InChI is InChI=1S/C15H15NO2/c1-12(14-8-5-11-18-14)16-15(17)10-9-13-6-3-2-4-7-13/h2-12H,1H3,(H,16,17)/b10-9+/t12-/m0/s1. The van der Waals surface area contributed by atoms with Gasteiger partial charge in [0.15, 0.2) is 0 Å². The first-order chi connectivity index (χ1) is 8.75. The smallest absolute Gasteiger partial charge is 0.244 e. The number of benzene rings is 1. The zero-order chi connectivity index (χ0) is 12.8. The van der Waals surface area contributed by atoms with Gasteiger partial charge in [-0.05, 0) is 30.7 Å². The van der Waals surface area contributed by atoms with E-state index in [1.54, 1.807) is 18.4 Å². The Morgan fingerprint density at radius 1 is 1.22 bits per heavy atom. The molecule has 1 amide bonds. The SMILES string of the molecule is C[C@H](NC(=O)/C=C/c1ccccc1)c1ccco1. The molecule has 0 bridgehead atoms. The lowest BCUT2D eigenvalue weighted by atomic mass is 10.2. The Balaban J connectivity index is 1.91. The van der Waals surface area contributed by atoms with Crippen LogP contribution in [0, 0.1) is 0 Å². The van der Waals surface area contributed by atoms with Crippen molar-refractivity contribution >= 4 is 12.0 Å². The zero-order valence-electron chi connectivity index (χ0n) is 10.2. The highest BCUT2D eigenvalue weighted by Gasteiger charge is 2.09. The highest BCUT2D eigenvalue weighted by Crippen LogP contribution is 2.12. The third-order valence-electron chi connectivity index (χ3n) is 2.56. The summed E-state index contributed by atoms with van der Waals surface area (Å²) in [5.74, 6) is 0.610. The van der Waals surface area contributed by atoms with Gasteiger partial charge >= 0.3 is 0 Å². The third kappa shape index (κ3) is 3.35. The Hall–Kier alpha value is -2.29. The molecular weight excluding hydrogens is 226 g/mol. The molecule has 1 aromatic heterocycles. The van der Waals surface area contributed by atoms with E-state index in [2.05, 4.69) is 5.32 Å². The van der Waals surface area contributed by atoms with Crippen LogP contribution in [0.4, 0.5) is 0 Å². The molecule has 1 heterocycles. The monoisotopic (exact) mass is 241 g/mol. The summed E-state index contributed by atoms with van der Waals surface area (Å²) in [4.78, 5) is 11.7. The van der Waals surface area contributed by atoms with Gasteiger partial charge in [0, 0.05) is 6.08 Å². The van der Waals surface area contributed by atoms with E-state index in [-0.39, 0.29) is 11.9 Å². The summed E-state index contributed by atoms with van der Waals surface area (Å²) in [6.07, 6.45) is 4.90. The molecule has 0 saturated heterocycles. The lowest BCUT2D eigenvalue weighted by Gasteiger charge is -2.08. The van der Waals surface area contributed by atoms with Crippen molar-refractivity contribution in [3.63, 3.8) is 0 Å². The molecule has 1 N–H and O–H groups in total. The van der Waals surface area contributed by atoms with Gasteiger partial charge in [0.05, 0.1) is 12.3 Å². The average Bonchev–Trinajstić information content (AvgIpc) is 2.91. The van der Waals surface area contributed by atoms with Crippen molar-refractivity contribution in [2.24, 2.45) is 0 Å². The van der Waals surface area contributed by atoms with Crippen molar-refractivity contribution in [1.82, 2.24) is 5.32 Å². The lowest BCUT2D eigenvalue weighted by molar-refractivity contribution is -0.117. The fraction of sp³-hybridized carbons (Fsp3) is 0.133. The molecule has 0 fully saturated rings. The maximum absolute atomic E-state index is 11.7. The summed E-state index contributed by atoms with van der Waals surface area (Å²) in [5, 5.41) is 2.83. The third-order valence-corrected chi connectivity index (χ3v) is 2.56. The fourth-order valence-corrected chi connectivity index (χ4v) is 1.61. The van der Waals surface area contributed by atoms with Crippen molar-refractivity contribution in [3.05, 3.63) is 66.1 Å². The molecule has 92 valence electrons. The minimum absolute atomic E-state index is 0.132. The first-order valence-electron chi connectivity index (χ1n) is 5.83. The molecule has 0 saturated carbocycles.